The summed E-state index contributed by atoms with van der Waals surface area (Å²) in [7, 11) is -1.18. The molecule has 2 heterocycles. The molecule has 134 valence electrons. The van der Waals surface area contributed by atoms with Crippen molar-refractivity contribution >= 4 is 21.5 Å². The Kier molecular flexibility index (Phi) is 4.69. The van der Waals surface area contributed by atoms with Crippen molar-refractivity contribution in [2.24, 2.45) is 0 Å². The first-order chi connectivity index (χ1) is 11.8. The smallest absolute Gasteiger partial charge is 0.235 e. The van der Waals surface area contributed by atoms with Gasteiger partial charge in [0.2, 0.25) is 10.0 Å². The molecule has 0 bridgehead atoms. The zero-order chi connectivity index (χ0) is 18.2. The van der Waals surface area contributed by atoms with E-state index in [9.17, 15) is 8.42 Å². The summed E-state index contributed by atoms with van der Waals surface area (Å²) in [5.74, 6) is 1.83. The molecule has 1 aromatic carbocycles. The number of hydrogen-bond acceptors (Lipinski definition) is 5. The fourth-order valence-electron chi connectivity index (χ4n) is 3.17. The third kappa shape index (κ3) is 3.61. The highest BCUT2D eigenvalue weighted by molar-refractivity contribution is 7.93. The molecule has 0 aliphatic carbocycles. The van der Waals surface area contributed by atoms with E-state index in [1.165, 1.54) is 4.31 Å². The highest BCUT2D eigenvalue weighted by atomic mass is 32.2. The second-order valence-corrected chi connectivity index (χ2v) is 8.55. The van der Waals surface area contributed by atoms with Crippen molar-refractivity contribution in [2.75, 3.05) is 28.6 Å². The van der Waals surface area contributed by atoms with Crippen LogP contribution in [0.2, 0.25) is 0 Å². The molecular weight excluding hydrogens is 336 g/mol. The monoisotopic (exact) mass is 360 g/mol. The zero-order valence-electron chi connectivity index (χ0n) is 15.1. The molecule has 0 N–H and O–H groups in total. The lowest BCUT2D eigenvalue weighted by Gasteiger charge is -2.28. The maximum absolute atomic E-state index is 12.2. The van der Waals surface area contributed by atoms with Crippen LogP contribution in [0.15, 0.2) is 30.3 Å². The fraction of sp³-hybridized carbons (Fsp3) is 0.444. The lowest BCUT2D eigenvalue weighted by atomic mass is 10.1. The van der Waals surface area contributed by atoms with Gasteiger partial charge in [-0.2, -0.15) is 0 Å². The lowest BCUT2D eigenvalue weighted by Crippen LogP contribution is -2.26. The Hall–Kier alpha value is -2.15. The van der Waals surface area contributed by atoms with Gasteiger partial charge in [0.25, 0.3) is 0 Å². The van der Waals surface area contributed by atoms with E-state index in [4.69, 9.17) is 0 Å². The van der Waals surface area contributed by atoms with Crippen molar-refractivity contribution in [3.05, 3.63) is 47.4 Å². The normalized spacial score (nSPS) is 17.5. The van der Waals surface area contributed by atoms with Gasteiger partial charge in [-0.3, -0.25) is 4.31 Å². The van der Waals surface area contributed by atoms with Crippen molar-refractivity contribution in [1.82, 2.24) is 9.97 Å². The Morgan fingerprint density at radius 2 is 1.96 bits per heavy atom. The van der Waals surface area contributed by atoms with Gasteiger partial charge in [-0.1, -0.05) is 12.1 Å². The Morgan fingerprint density at radius 1 is 1.20 bits per heavy atom. The van der Waals surface area contributed by atoms with E-state index in [-0.39, 0.29) is 11.8 Å². The van der Waals surface area contributed by atoms with E-state index in [0.717, 1.165) is 28.6 Å². The summed E-state index contributed by atoms with van der Waals surface area (Å²) in [6.07, 6.45) is 0.682. The largest absolute Gasteiger partial charge is 0.353 e. The Labute approximate surface area is 149 Å². The molecule has 1 atom stereocenters. The molecule has 25 heavy (non-hydrogen) atoms. The summed E-state index contributed by atoms with van der Waals surface area (Å²) in [6, 6.07) is 9.77. The van der Waals surface area contributed by atoms with Crippen molar-refractivity contribution in [3.63, 3.8) is 0 Å². The van der Waals surface area contributed by atoms with Crippen molar-refractivity contribution in [1.29, 1.82) is 0 Å². The summed E-state index contributed by atoms with van der Waals surface area (Å²) in [5, 5.41) is 0. The third-order valence-electron chi connectivity index (χ3n) is 4.63. The molecule has 2 aromatic rings. The number of aryl methyl sites for hydroxylation is 2. The molecule has 1 unspecified atom stereocenters. The highest BCUT2D eigenvalue weighted by Crippen LogP contribution is 2.30. The number of sulfonamides is 1. The fourth-order valence-corrected chi connectivity index (χ4v) is 4.73. The average molecular weight is 360 g/mol. The number of anilines is 2. The second kappa shape index (κ2) is 6.63. The Balaban J connectivity index is 1.90. The molecule has 0 amide bonds. The van der Waals surface area contributed by atoms with E-state index in [0.29, 0.717) is 13.0 Å². The van der Waals surface area contributed by atoms with Crippen LogP contribution >= 0.6 is 0 Å². The van der Waals surface area contributed by atoms with Gasteiger partial charge in [0.15, 0.2) is 0 Å². The number of nitrogens with zero attached hydrogens (tertiary/aromatic N) is 4. The predicted molar refractivity (Wildman–Crippen MR) is 101 cm³/mol. The van der Waals surface area contributed by atoms with Crippen molar-refractivity contribution in [2.45, 2.75) is 33.2 Å². The minimum atomic E-state index is -3.17. The first-order valence-electron chi connectivity index (χ1n) is 8.43. The van der Waals surface area contributed by atoms with Crippen LogP contribution < -0.4 is 9.21 Å². The summed E-state index contributed by atoms with van der Waals surface area (Å²) in [6.45, 7) is 6.48. The summed E-state index contributed by atoms with van der Waals surface area (Å²) >= 11 is 0. The minimum Gasteiger partial charge on any atom is -0.353 e. The van der Waals surface area contributed by atoms with Crippen molar-refractivity contribution < 1.29 is 8.42 Å². The standard InChI is InChI=1S/C18H24N4O2S/c1-13-11-18(20-15(3)19-13)21(4)14(2)16-7-5-8-17(12-16)22-9-6-10-25(22,23)24/h5,7-8,11-12,14H,6,9-10H2,1-4H3. The number of aromatic nitrogens is 2. The summed E-state index contributed by atoms with van der Waals surface area (Å²) < 4.78 is 25.9. The molecule has 1 aliphatic heterocycles. The third-order valence-corrected chi connectivity index (χ3v) is 6.50. The first-order valence-corrected chi connectivity index (χ1v) is 10.0. The van der Waals surface area contributed by atoms with Crippen LogP contribution in [0.1, 0.15) is 36.5 Å². The van der Waals surface area contributed by atoms with Crippen LogP contribution in [0.3, 0.4) is 0 Å². The SMILES string of the molecule is Cc1cc(N(C)C(C)c2cccc(N3CCCS3(=O)=O)c2)nc(C)n1. The molecule has 1 fully saturated rings. The van der Waals surface area contributed by atoms with Crippen LogP contribution in [0.4, 0.5) is 11.5 Å². The molecule has 0 saturated carbocycles. The molecule has 3 rings (SSSR count). The molecule has 7 heteroatoms. The number of benzene rings is 1. The maximum atomic E-state index is 12.2. The molecule has 6 nitrogen and oxygen atoms in total. The molecule has 0 spiro atoms. The van der Waals surface area contributed by atoms with E-state index >= 15 is 0 Å². The van der Waals surface area contributed by atoms with E-state index < -0.39 is 10.0 Å². The molecule has 1 aliphatic rings. The Bertz CT molecular complexity index is 862. The molecule has 1 saturated heterocycles. The van der Waals surface area contributed by atoms with Crippen LogP contribution in [0.5, 0.6) is 0 Å². The average Bonchev–Trinajstić information content (AvgIpc) is 2.92. The molecule has 0 radical (unpaired) electrons. The second-order valence-electron chi connectivity index (χ2n) is 6.54. The Morgan fingerprint density at radius 3 is 2.60 bits per heavy atom. The number of rotatable bonds is 4. The van der Waals surface area contributed by atoms with Gasteiger partial charge in [0, 0.05) is 25.4 Å². The summed E-state index contributed by atoms with van der Waals surface area (Å²) in [4.78, 5) is 10.9. The lowest BCUT2D eigenvalue weighted by molar-refractivity contribution is 0.599. The first kappa shape index (κ1) is 17.7. The van der Waals surface area contributed by atoms with Crippen LogP contribution in [-0.4, -0.2) is 37.7 Å². The zero-order valence-corrected chi connectivity index (χ0v) is 15.9. The van der Waals surface area contributed by atoms with Gasteiger partial charge in [0.05, 0.1) is 17.5 Å². The molecular formula is C18H24N4O2S. The van der Waals surface area contributed by atoms with E-state index in [1.807, 2.05) is 51.2 Å². The topological polar surface area (TPSA) is 66.4 Å². The minimum absolute atomic E-state index is 0.0546. The number of hydrogen-bond donors (Lipinski definition) is 0. The highest BCUT2D eigenvalue weighted by Gasteiger charge is 2.28. The van der Waals surface area contributed by atoms with Gasteiger partial charge in [-0.25, -0.2) is 18.4 Å². The van der Waals surface area contributed by atoms with E-state index in [2.05, 4.69) is 21.8 Å². The van der Waals surface area contributed by atoms with Gasteiger partial charge in [-0.15, -0.1) is 0 Å². The summed E-state index contributed by atoms with van der Waals surface area (Å²) in [5.41, 5.74) is 2.72. The van der Waals surface area contributed by atoms with Crippen LogP contribution in [0.25, 0.3) is 0 Å². The van der Waals surface area contributed by atoms with Crippen molar-refractivity contribution in [3.8, 4) is 0 Å². The van der Waals surface area contributed by atoms with Gasteiger partial charge in [0.1, 0.15) is 11.6 Å². The van der Waals surface area contributed by atoms with Crippen LogP contribution in [-0.2, 0) is 10.0 Å². The predicted octanol–water partition coefficient (Wildman–Crippen LogP) is 2.83. The molecule has 1 aromatic heterocycles. The van der Waals surface area contributed by atoms with Crippen LogP contribution in [0, 0.1) is 13.8 Å². The maximum Gasteiger partial charge on any atom is 0.235 e. The van der Waals surface area contributed by atoms with Gasteiger partial charge >= 0.3 is 0 Å². The van der Waals surface area contributed by atoms with Gasteiger partial charge in [-0.05, 0) is 44.9 Å². The van der Waals surface area contributed by atoms with E-state index in [1.54, 1.807) is 0 Å². The quantitative estimate of drug-likeness (QED) is 0.839. The van der Waals surface area contributed by atoms with Gasteiger partial charge < -0.3 is 4.90 Å².